The second-order valence-corrected chi connectivity index (χ2v) is 8.15. The summed E-state index contributed by atoms with van der Waals surface area (Å²) >= 11 is 1.21. The third-order valence-electron chi connectivity index (χ3n) is 5.29. The van der Waals surface area contributed by atoms with Crippen molar-refractivity contribution in [3.05, 3.63) is 50.8 Å². The Bertz CT molecular complexity index is 1320. The van der Waals surface area contributed by atoms with Crippen LogP contribution in [0.3, 0.4) is 0 Å². The van der Waals surface area contributed by atoms with Crippen molar-refractivity contribution in [1.82, 2.24) is 18.7 Å². The van der Waals surface area contributed by atoms with E-state index in [4.69, 9.17) is 15.2 Å². The van der Waals surface area contributed by atoms with E-state index in [0.717, 1.165) is 20.4 Å². The van der Waals surface area contributed by atoms with E-state index in [1.165, 1.54) is 25.9 Å². The zero-order chi connectivity index (χ0) is 23.0. The van der Waals surface area contributed by atoms with Crippen molar-refractivity contribution in [3.8, 4) is 22.8 Å². The largest absolute Gasteiger partial charge is 0.486 e. The third kappa shape index (κ3) is 3.68. The highest BCUT2D eigenvalue weighted by Gasteiger charge is 2.22. The number of benzene rings is 1. The van der Waals surface area contributed by atoms with Crippen molar-refractivity contribution in [2.45, 2.75) is 18.6 Å². The third-order valence-corrected chi connectivity index (χ3v) is 6.28. The Hall–Kier alpha value is -3.47. The fourth-order valence-corrected chi connectivity index (χ4v) is 4.45. The highest BCUT2D eigenvalue weighted by Crippen LogP contribution is 2.35. The Balaban J connectivity index is 1.60. The fraction of sp³-hybridized carbons (Fsp3) is 0.333. The molecule has 0 saturated heterocycles. The van der Waals surface area contributed by atoms with Crippen molar-refractivity contribution in [2.24, 2.45) is 14.1 Å². The van der Waals surface area contributed by atoms with E-state index in [0.29, 0.717) is 36.4 Å². The van der Waals surface area contributed by atoms with Gasteiger partial charge < -0.3 is 19.8 Å². The van der Waals surface area contributed by atoms with Crippen molar-refractivity contribution < 1.29 is 14.3 Å². The Kier molecular flexibility index (Phi) is 5.83. The summed E-state index contributed by atoms with van der Waals surface area (Å²) in [5, 5.41) is 0.631. The van der Waals surface area contributed by atoms with Gasteiger partial charge in [0.25, 0.3) is 5.56 Å². The minimum absolute atomic E-state index is 0.0464. The van der Waals surface area contributed by atoms with Crippen LogP contribution in [0.4, 0.5) is 5.82 Å². The number of carbonyl (C=O) groups is 1. The molecule has 1 aromatic carbocycles. The second-order valence-electron chi connectivity index (χ2n) is 7.21. The van der Waals surface area contributed by atoms with Gasteiger partial charge >= 0.3 is 5.69 Å². The molecule has 0 saturated carbocycles. The van der Waals surface area contributed by atoms with E-state index in [9.17, 15) is 14.4 Å². The van der Waals surface area contributed by atoms with Crippen molar-refractivity contribution in [1.29, 1.82) is 0 Å². The lowest BCUT2D eigenvalue weighted by atomic mass is 10.1. The number of hydrogen-bond donors (Lipinski definition) is 1. The van der Waals surface area contributed by atoms with Gasteiger partial charge in [0.1, 0.15) is 24.6 Å². The highest BCUT2D eigenvalue weighted by atomic mass is 32.2. The minimum atomic E-state index is -0.702. The molecule has 32 heavy (non-hydrogen) atoms. The molecule has 1 aliphatic rings. The molecule has 10 nitrogen and oxygen atoms in total. The van der Waals surface area contributed by atoms with Gasteiger partial charge in [-0.3, -0.25) is 18.7 Å². The predicted octanol–water partition coefficient (Wildman–Crippen LogP) is 1.30. The van der Waals surface area contributed by atoms with Crippen molar-refractivity contribution in [2.75, 3.05) is 24.7 Å². The van der Waals surface area contributed by atoms with Crippen LogP contribution in [0.25, 0.3) is 11.3 Å². The normalized spacial score (nSPS) is 12.7. The van der Waals surface area contributed by atoms with Crippen LogP contribution >= 0.6 is 11.8 Å². The van der Waals surface area contributed by atoms with Gasteiger partial charge in [0.05, 0.1) is 17.6 Å². The molecular weight excluding hydrogens is 434 g/mol. The first-order chi connectivity index (χ1) is 15.3. The molecule has 2 aromatic heterocycles. The Morgan fingerprint density at radius 3 is 2.59 bits per heavy atom. The van der Waals surface area contributed by atoms with E-state index in [-0.39, 0.29) is 17.1 Å². The molecule has 4 rings (SSSR count). The number of thioether (sulfide) groups is 1. The summed E-state index contributed by atoms with van der Waals surface area (Å²) in [5.41, 5.74) is 6.20. The molecule has 1 aliphatic heterocycles. The monoisotopic (exact) mass is 457 g/mol. The maximum absolute atomic E-state index is 12.8. The summed E-state index contributed by atoms with van der Waals surface area (Å²) in [5.74, 6) is 0.742. The van der Waals surface area contributed by atoms with Crippen LogP contribution in [-0.4, -0.2) is 43.4 Å². The summed E-state index contributed by atoms with van der Waals surface area (Å²) in [7, 11) is 2.74. The standard InChI is InChI=1S/C21H23N5O5S/c1-4-26-13(12-5-6-15-16(9-12)31-8-7-30-15)10-23-20(26)32-11-14(27)17-18(22)24(2)21(29)25(3)19(17)28/h5-6,9-10H,4,7-8,11,22H2,1-3H3. The molecular formula is C21H23N5O5S. The van der Waals surface area contributed by atoms with Gasteiger partial charge in [0, 0.05) is 26.2 Å². The average molecular weight is 458 g/mol. The van der Waals surface area contributed by atoms with Crippen LogP contribution in [0.5, 0.6) is 11.5 Å². The van der Waals surface area contributed by atoms with Crippen LogP contribution in [0.15, 0.2) is 39.1 Å². The number of ether oxygens (including phenoxy) is 2. The average Bonchev–Trinajstić information content (AvgIpc) is 3.22. The van der Waals surface area contributed by atoms with Crippen LogP contribution in [0.2, 0.25) is 0 Å². The van der Waals surface area contributed by atoms with Crippen LogP contribution in [-0.2, 0) is 20.6 Å². The summed E-state index contributed by atoms with van der Waals surface area (Å²) in [6.07, 6.45) is 1.74. The molecule has 168 valence electrons. The van der Waals surface area contributed by atoms with E-state index >= 15 is 0 Å². The molecule has 0 bridgehead atoms. The summed E-state index contributed by atoms with van der Waals surface area (Å²) in [4.78, 5) is 41.7. The quantitative estimate of drug-likeness (QED) is 0.434. The Labute approximate surface area is 187 Å². The van der Waals surface area contributed by atoms with Gasteiger partial charge in [-0.05, 0) is 25.1 Å². The fourth-order valence-electron chi connectivity index (χ4n) is 3.54. The molecule has 0 radical (unpaired) electrons. The summed E-state index contributed by atoms with van der Waals surface area (Å²) < 4.78 is 15.2. The molecule has 0 fully saturated rings. The number of ketones is 1. The first kappa shape index (κ1) is 21.8. The number of hydrogen-bond acceptors (Lipinski definition) is 8. The smallest absolute Gasteiger partial charge is 0.332 e. The van der Waals surface area contributed by atoms with Gasteiger partial charge in [-0.15, -0.1) is 0 Å². The number of imidazole rings is 1. The lowest BCUT2D eigenvalue weighted by Gasteiger charge is -2.19. The zero-order valence-electron chi connectivity index (χ0n) is 18.0. The molecule has 11 heteroatoms. The topological polar surface area (TPSA) is 123 Å². The number of Topliss-reactive ketones (excluding diaryl/α,β-unsaturated/α-hetero) is 1. The SMILES string of the molecule is CCn1c(-c2ccc3c(c2)OCCO3)cnc1SCC(=O)c1c(N)n(C)c(=O)n(C)c1=O. The van der Waals surface area contributed by atoms with Crippen LogP contribution in [0, 0.1) is 0 Å². The number of nitrogen functional groups attached to an aromatic ring is 1. The van der Waals surface area contributed by atoms with Crippen molar-refractivity contribution >= 4 is 23.4 Å². The number of rotatable bonds is 6. The van der Waals surface area contributed by atoms with E-state index in [1.54, 1.807) is 6.20 Å². The van der Waals surface area contributed by atoms with Gasteiger partial charge in [-0.2, -0.15) is 0 Å². The van der Waals surface area contributed by atoms with Crippen LogP contribution in [0.1, 0.15) is 17.3 Å². The first-order valence-electron chi connectivity index (χ1n) is 10.0. The summed E-state index contributed by atoms with van der Waals surface area (Å²) in [6.45, 7) is 3.64. The van der Waals surface area contributed by atoms with Gasteiger partial charge in [-0.1, -0.05) is 11.8 Å². The van der Waals surface area contributed by atoms with E-state index in [1.807, 2.05) is 29.7 Å². The second kappa shape index (κ2) is 8.58. The molecule has 0 amide bonds. The molecule has 0 aliphatic carbocycles. The van der Waals surface area contributed by atoms with Crippen LogP contribution < -0.4 is 26.5 Å². The number of nitrogens with two attached hydrogens (primary N) is 1. The molecule has 0 spiro atoms. The number of nitrogens with zero attached hydrogens (tertiary/aromatic N) is 4. The number of carbonyl (C=O) groups excluding carboxylic acids is 1. The molecule has 3 aromatic rings. The highest BCUT2D eigenvalue weighted by molar-refractivity contribution is 7.99. The van der Waals surface area contributed by atoms with Gasteiger partial charge in [0.15, 0.2) is 22.4 Å². The Morgan fingerprint density at radius 2 is 1.88 bits per heavy atom. The van der Waals surface area contributed by atoms with E-state index in [2.05, 4.69) is 4.98 Å². The maximum atomic E-state index is 12.8. The van der Waals surface area contributed by atoms with Gasteiger partial charge in [-0.25, -0.2) is 9.78 Å². The minimum Gasteiger partial charge on any atom is -0.486 e. The van der Waals surface area contributed by atoms with E-state index < -0.39 is 17.0 Å². The zero-order valence-corrected chi connectivity index (χ0v) is 18.8. The lowest BCUT2D eigenvalue weighted by Crippen LogP contribution is -2.41. The summed E-state index contributed by atoms with van der Waals surface area (Å²) in [6, 6.07) is 5.71. The predicted molar refractivity (Wildman–Crippen MR) is 121 cm³/mol. The molecule has 0 atom stereocenters. The molecule has 3 heterocycles. The number of anilines is 1. The maximum Gasteiger partial charge on any atom is 0.332 e. The molecule has 0 unspecified atom stereocenters. The molecule has 2 N–H and O–H groups in total. The lowest BCUT2D eigenvalue weighted by molar-refractivity contribution is 0.102. The van der Waals surface area contributed by atoms with Crippen molar-refractivity contribution in [3.63, 3.8) is 0 Å². The Morgan fingerprint density at radius 1 is 1.16 bits per heavy atom. The van der Waals surface area contributed by atoms with Gasteiger partial charge in [0.2, 0.25) is 0 Å². The number of fused-ring (bicyclic) bond motifs is 1. The number of aromatic nitrogens is 4. The first-order valence-corrected chi connectivity index (χ1v) is 11.0.